The molecule has 92 valence electrons. The van der Waals surface area contributed by atoms with Crippen molar-refractivity contribution in [2.75, 3.05) is 6.79 Å². The molecule has 0 bridgehead atoms. The molecule has 0 aliphatic carbocycles. The second-order valence-corrected chi connectivity index (χ2v) is 3.69. The van der Waals surface area contributed by atoms with Crippen LogP contribution in [0.1, 0.15) is 41.3 Å². The molecule has 1 aromatic rings. The molecular formula is C14H18O3. The van der Waals surface area contributed by atoms with Gasteiger partial charge in [-0.05, 0) is 23.1 Å². The number of hydrogen-bond acceptors (Lipinski definition) is 3. The van der Waals surface area contributed by atoms with Crippen molar-refractivity contribution >= 4 is 6.05 Å². The predicted octanol–water partition coefficient (Wildman–Crippen LogP) is 2.84. The lowest BCUT2D eigenvalue weighted by Crippen LogP contribution is -2.23. The van der Waals surface area contributed by atoms with Gasteiger partial charge in [0, 0.05) is 8.22 Å². The molecule has 1 unspecified atom stereocenters. The molecule has 17 heavy (non-hydrogen) atoms. The van der Waals surface area contributed by atoms with Crippen LogP contribution in [-0.4, -0.2) is 18.0 Å². The maximum atomic E-state index is 10.5. The Morgan fingerprint density at radius 1 is 1.53 bits per heavy atom. The summed E-state index contributed by atoms with van der Waals surface area (Å²) in [6, 6.07) is -3.79. The van der Waals surface area contributed by atoms with E-state index in [0.29, 0.717) is 0 Å². The van der Waals surface area contributed by atoms with Crippen molar-refractivity contribution in [1.82, 2.24) is 0 Å². The molecule has 1 aromatic carbocycles. The zero-order valence-electron chi connectivity index (χ0n) is 20.0. The minimum Gasteiger partial charge on any atom is -0.454 e. The van der Waals surface area contributed by atoms with E-state index in [1.165, 1.54) is 0 Å². The van der Waals surface area contributed by atoms with E-state index >= 15 is 0 Å². The molecule has 0 radical (unpaired) electrons. The third-order valence-corrected chi connectivity index (χ3v) is 2.03. The number of fused-ring (bicyclic) bond motifs is 1. The molecule has 1 aliphatic rings. The second kappa shape index (κ2) is 4.41. The number of aliphatic hydroxyl groups is 1. The molecule has 0 spiro atoms. The van der Waals surface area contributed by atoms with Gasteiger partial charge in [0.25, 0.3) is 0 Å². The van der Waals surface area contributed by atoms with Gasteiger partial charge in [-0.2, -0.15) is 0 Å². The van der Waals surface area contributed by atoms with Crippen LogP contribution in [0.25, 0.3) is 6.05 Å². The predicted molar refractivity (Wildman–Crippen MR) is 67.1 cm³/mol. The average Bonchev–Trinajstić information content (AvgIpc) is 3.05. The highest BCUT2D eigenvalue weighted by Crippen LogP contribution is 2.33. The van der Waals surface area contributed by atoms with Crippen molar-refractivity contribution in [2.24, 2.45) is 5.41 Å². The number of ether oxygens (including phenoxy) is 2. The second-order valence-electron chi connectivity index (χ2n) is 3.69. The molecule has 0 fully saturated rings. The lowest BCUT2D eigenvalue weighted by Gasteiger charge is -2.22. The average molecular weight is 245 g/mol. The van der Waals surface area contributed by atoms with Gasteiger partial charge < -0.3 is 14.6 Å². The highest BCUT2D eigenvalue weighted by atomic mass is 16.7. The third-order valence-electron chi connectivity index (χ3n) is 2.03. The van der Waals surface area contributed by atoms with Crippen molar-refractivity contribution in [1.29, 1.82) is 0 Å². The van der Waals surface area contributed by atoms with Gasteiger partial charge in [-0.1, -0.05) is 38.8 Å². The van der Waals surface area contributed by atoms with Gasteiger partial charge in [0.05, 0.1) is 13.0 Å². The van der Waals surface area contributed by atoms with Crippen LogP contribution in [0.3, 0.4) is 0 Å². The molecule has 1 N–H and O–H groups in total. The Morgan fingerprint density at radius 3 is 3.06 bits per heavy atom. The van der Waals surface area contributed by atoms with Crippen LogP contribution in [-0.2, 0) is 0 Å². The van der Waals surface area contributed by atoms with Crippen molar-refractivity contribution in [3.8, 4) is 11.5 Å². The molecule has 0 aromatic heterocycles. The van der Waals surface area contributed by atoms with Crippen LogP contribution >= 0.6 is 0 Å². The van der Waals surface area contributed by atoms with Crippen LogP contribution in [0.15, 0.2) is 24.2 Å². The van der Waals surface area contributed by atoms with Crippen molar-refractivity contribution in [2.45, 2.75) is 26.7 Å². The fraction of sp³-hybridized carbons (Fsp3) is 0.429. The van der Waals surface area contributed by atoms with E-state index in [4.69, 9.17) is 24.6 Å². The Hall–Kier alpha value is -1.48. The first-order valence-electron chi connectivity index (χ1n) is 10.3. The van der Waals surface area contributed by atoms with E-state index in [0.717, 1.165) is 6.92 Å². The van der Waals surface area contributed by atoms with Gasteiger partial charge in [0.15, 0.2) is 11.5 Å². The van der Waals surface area contributed by atoms with Gasteiger partial charge >= 0.3 is 0 Å². The standard InChI is InChI=1S/C14H18O3/c1-14(2,3)13(15)7-5-10-4-6-11-12(8-10)17-9-16-11/h4-8,13,15H,9H2,1-3H3/b7-5+/i1D3,2D3,4D,5D,6D,7D,8D. The summed E-state index contributed by atoms with van der Waals surface area (Å²) < 4.78 is 95.4. The first kappa shape index (κ1) is 4.32. The summed E-state index contributed by atoms with van der Waals surface area (Å²) in [5, 5.41) is 10.5. The number of benzene rings is 1. The maximum Gasteiger partial charge on any atom is 0.231 e. The van der Waals surface area contributed by atoms with Gasteiger partial charge in [0.2, 0.25) is 6.79 Å². The van der Waals surface area contributed by atoms with E-state index in [2.05, 4.69) is 0 Å². The van der Waals surface area contributed by atoms with E-state index < -0.39 is 61.0 Å². The van der Waals surface area contributed by atoms with Crippen molar-refractivity contribution < 1.29 is 29.7 Å². The van der Waals surface area contributed by atoms with Gasteiger partial charge in [-0.25, -0.2) is 0 Å². The van der Waals surface area contributed by atoms with E-state index in [1.54, 1.807) is 0 Å². The number of hydrogen-bond donors (Lipinski definition) is 1. The largest absolute Gasteiger partial charge is 0.454 e. The Labute approximate surface area is 117 Å². The number of aliphatic hydroxyl groups excluding tert-OH is 1. The molecule has 3 heteroatoms. The summed E-state index contributed by atoms with van der Waals surface area (Å²) >= 11 is 0. The highest BCUT2D eigenvalue weighted by Gasteiger charge is 2.19. The summed E-state index contributed by atoms with van der Waals surface area (Å²) in [5.74, 6) is -0.397. The fourth-order valence-electron chi connectivity index (χ4n) is 1.08. The Balaban J connectivity index is 2.71. The maximum absolute atomic E-state index is 10.5. The molecule has 1 aliphatic heterocycles. The van der Waals surface area contributed by atoms with Crippen molar-refractivity contribution in [3.63, 3.8) is 0 Å². The lowest BCUT2D eigenvalue weighted by atomic mass is 9.89. The summed E-state index contributed by atoms with van der Waals surface area (Å²) in [5.41, 5.74) is -3.36. The summed E-state index contributed by atoms with van der Waals surface area (Å²) in [7, 11) is 0. The molecule has 1 heterocycles. The Bertz CT molecular complexity index is 812. The Morgan fingerprint density at radius 2 is 2.29 bits per heavy atom. The molecule has 1 atom stereocenters. The van der Waals surface area contributed by atoms with Crippen LogP contribution in [0.5, 0.6) is 11.5 Å². The first-order valence-corrected chi connectivity index (χ1v) is 4.82. The minimum atomic E-state index is -3.21. The summed E-state index contributed by atoms with van der Waals surface area (Å²) in [4.78, 5) is 0. The molecular weight excluding hydrogens is 216 g/mol. The van der Waals surface area contributed by atoms with Gasteiger partial charge in [0.1, 0.15) is 0 Å². The zero-order chi connectivity index (χ0) is 21.8. The molecule has 0 saturated carbocycles. The van der Waals surface area contributed by atoms with Gasteiger partial charge in [-0.15, -0.1) is 0 Å². The monoisotopic (exact) mass is 245 g/mol. The Kier molecular flexibility index (Phi) is 1.12. The first-order chi connectivity index (χ1) is 12.6. The van der Waals surface area contributed by atoms with Crippen LogP contribution in [0.2, 0.25) is 0 Å². The fourth-order valence-corrected chi connectivity index (χ4v) is 1.08. The normalized spacial score (nSPS) is 28.5. The van der Waals surface area contributed by atoms with Crippen LogP contribution < -0.4 is 9.47 Å². The molecule has 0 saturated heterocycles. The lowest BCUT2D eigenvalue weighted by molar-refractivity contribution is 0.106. The minimum absolute atomic E-state index is 0.173. The molecule has 2 rings (SSSR count). The smallest absolute Gasteiger partial charge is 0.231 e. The topological polar surface area (TPSA) is 38.7 Å². The SMILES string of the molecule is [2H]/C(=C(/[2H])C(O)C(C)(C([2H])([2H])[2H])C([2H])([2H])[2H])c1c([2H])c([2H])c2c(c1[2H])OCO2. The van der Waals surface area contributed by atoms with E-state index in [-0.39, 0.29) is 18.3 Å². The van der Waals surface area contributed by atoms with E-state index in [9.17, 15) is 5.11 Å². The van der Waals surface area contributed by atoms with Crippen LogP contribution in [0.4, 0.5) is 0 Å². The van der Waals surface area contributed by atoms with E-state index in [1.807, 2.05) is 0 Å². The van der Waals surface area contributed by atoms with Crippen LogP contribution in [0, 0.1) is 5.41 Å². The zero-order valence-corrected chi connectivity index (χ0v) is 9.05. The van der Waals surface area contributed by atoms with Crippen molar-refractivity contribution in [3.05, 3.63) is 29.7 Å². The third kappa shape index (κ3) is 2.80. The molecule has 0 amide bonds. The quantitative estimate of drug-likeness (QED) is 0.870. The molecule has 3 nitrogen and oxygen atoms in total. The number of rotatable bonds is 2. The summed E-state index contributed by atoms with van der Waals surface area (Å²) in [6.07, 6.45) is -2.43. The summed E-state index contributed by atoms with van der Waals surface area (Å²) in [6.45, 7) is -5.97. The highest BCUT2D eigenvalue weighted by molar-refractivity contribution is 5.56. The van der Waals surface area contributed by atoms with Gasteiger partial charge in [-0.3, -0.25) is 0 Å².